The van der Waals surface area contributed by atoms with Gasteiger partial charge in [-0.15, -0.1) is 0 Å². The maximum Gasteiger partial charge on any atom is 0.0748 e. The highest BCUT2D eigenvalue weighted by Gasteiger charge is 2.21. The quantitative estimate of drug-likeness (QED) is 0.831. The zero-order chi connectivity index (χ0) is 15.2. The molecule has 1 aliphatic rings. The molecule has 0 saturated carbocycles. The minimum absolute atomic E-state index is 0.357. The zero-order valence-electron chi connectivity index (χ0n) is 13.4. The topological polar surface area (TPSA) is 24.5 Å². The highest BCUT2D eigenvalue weighted by molar-refractivity contribution is 9.10. The number of anilines is 1. The van der Waals surface area contributed by atoms with E-state index in [1.807, 2.05) is 0 Å². The molecule has 1 aromatic rings. The number of morpholine rings is 1. The summed E-state index contributed by atoms with van der Waals surface area (Å²) < 4.78 is 6.94. The van der Waals surface area contributed by atoms with Crippen molar-refractivity contribution in [3.05, 3.63) is 28.2 Å². The van der Waals surface area contributed by atoms with E-state index in [0.717, 1.165) is 39.1 Å². The molecule has 1 saturated heterocycles. The Kier molecular flexibility index (Phi) is 6.52. The highest BCUT2D eigenvalue weighted by atomic mass is 79.9. The summed E-state index contributed by atoms with van der Waals surface area (Å²) in [7, 11) is 0. The van der Waals surface area contributed by atoms with Crippen LogP contribution in [-0.2, 0) is 4.74 Å². The summed E-state index contributed by atoms with van der Waals surface area (Å²) in [5, 5.41) is 3.54. The Morgan fingerprint density at radius 3 is 2.90 bits per heavy atom. The van der Waals surface area contributed by atoms with Crippen LogP contribution in [0.4, 0.5) is 5.69 Å². The molecule has 0 aromatic heterocycles. The van der Waals surface area contributed by atoms with E-state index in [4.69, 9.17) is 4.74 Å². The van der Waals surface area contributed by atoms with Crippen LogP contribution in [0.2, 0.25) is 0 Å². The molecule has 4 heteroatoms. The molecule has 2 atom stereocenters. The summed E-state index contributed by atoms with van der Waals surface area (Å²) in [5.74, 6) is 0. The molecule has 21 heavy (non-hydrogen) atoms. The van der Waals surface area contributed by atoms with Crippen molar-refractivity contribution >= 4 is 21.6 Å². The first kappa shape index (κ1) is 16.8. The zero-order valence-corrected chi connectivity index (χ0v) is 14.9. The molecule has 1 aliphatic heterocycles. The summed E-state index contributed by atoms with van der Waals surface area (Å²) in [6.45, 7) is 10.4. The van der Waals surface area contributed by atoms with E-state index in [2.05, 4.69) is 65.1 Å². The molecule has 2 unspecified atom stereocenters. The van der Waals surface area contributed by atoms with Gasteiger partial charge in [-0.05, 0) is 59.9 Å². The Labute approximate surface area is 137 Å². The van der Waals surface area contributed by atoms with Crippen LogP contribution < -0.4 is 10.2 Å². The average molecular weight is 355 g/mol. The second-order valence-electron chi connectivity index (χ2n) is 5.73. The van der Waals surface area contributed by atoms with Gasteiger partial charge in [0.1, 0.15) is 0 Å². The lowest BCUT2D eigenvalue weighted by Crippen LogP contribution is -2.42. The largest absolute Gasteiger partial charge is 0.375 e. The number of halogens is 1. The van der Waals surface area contributed by atoms with Crippen LogP contribution in [0.1, 0.15) is 45.2 Å². The Bertz CT molecular complexity index is 452. The van der Waals surface area contributed by atoms with Crippen LogP contribution in [0.25, 0.3) is 0 Å². The van der Waals surface area contributed by atoms with E-state index in [9.17, 15) is 0 Å². The van der Waals surface area contributed by atoms with Gasteiger partial charge in [0.05, 0.1) is 18.4 Å². The molecule has 1 heterocycles. The van der Waals surface area contributed by atoms with Gasteiger partial charge in [0.25, 0.3) is 0 Å². The molecular formula is C17H27BrN2O. The van der Waals surface area contributed by atoms with Crippen LogP contribution >= 0.6 is 15.9 Å². The molecule has 1 N–H and O–H groups in total. The summed E-state index contributed by atoms with van der Waals surface area (Å²) in [6.07, 6.45) is 2.59. The number of rotatable bonds is 6. The van der Waals surface area contributed by atoms with Gasteiger partial charge in [-0.25, -0.2) is 0 Å². The fraction of sp³-hybridized carbons (Fsp3) is 0.647. The number of hydrogen-bond acceptors (Lipinski definition) is 3. The lowest BCUT2D eigenvalue weighted by Gasteiger charge is -2.35. The molecule has 0 bridgehead atoms. The van der Waals surface area contributed by atoms with E-state index in [1.54, 1.807) is 0 Å². The van der Waals surface area contributed by atoms with E-state index >= 15 is 0 Å². The Morgan fingerprint density at radius 1 is 1.43 bits per heavy atom. The van der Waals surface area contributed by atoms with Gasteiger partial charge in [0.2, 0.25) is 0 Å². The summed E-state index contributed by atoms with van der Waals surface area (Å²) in [4.78, 5) is 2.43. The smallest absolute Gasteiger partial charge is 0.0748 e. The minimum atomic E-state index is 0.357. The molecule has 0 amide bonds. The Balaban J connectivity index is 2.08. The second-order valence-corrected chi connectivity index (χ2v) is 6.59. The maximum atomic E-state index is 5.76. The SMILES string of the molecule is CCCNC(C)c1ccc(N2CCOC(CC)C2)c(Br)c1. The predicted molar refractivity (Wildman–Crippen MR) is 93.1 cm³/mol. The van der Waals surface area contributed by atoms with Crippen molar-refractivity contribution < 1.29 is 4.74 Å². The van der Waals surface area contributed by atoms with Gasteiger partial charge in [0, 0.05) is 23.6 Å². The normalized spacial score (nSPS) is 20.6. The van der Waals surface area contributed by atoms with E-state index in [1.165, 1.54) is 15.7 Å². The number of ether oxygens (including phenoxy) is 1. The fourth-order valence-electron chi connectivity index (χ4n) is 2.71. The number of nitrogens with one attached hydrogen (secondary N) is 1. The standard InChI is InChI=1S/C17H27BrN2O/c1-4-8-19-13(3)14-6-7-17(16(18)11-14)20-9-10-21-15(5-2)12-20/h6-7,11,13,15,19H,4-5,8-10,12H2,1-3H3. The fourth-order valence-corrected chi connectivity index (χ4v) is 3.36. The van der Waals surface area contributed by atoms with Crippen molar-refractivity contribution in [2.45, 2.75) is 45.8 Å². The van der Waals surface area contributed by atoms with E-state index in [-0.39, 0.29) is 0 Å². The Morgan fingerprint density at radius 2 is 2.24 bits per heavy atom. The third-order valence-corrected chi connectivity index (χ3v) is 4.74. The lowest BCUT2D eigenvalue weighted by molar-refractivity contribution is 0.0384. The van der Waals surface area contributed by atoms with E-state index < -0.39 is 0 Å². The minimum Gasteiger partial charge on any atom is -0.375 e. The van der Waals surface area contributed by atoms with Gasteiger partial charge in [0.15, 0.2) is 0 Å². The summed E-state index contributed by atoms with van der Waals surface area (Å²) in [5.41, 5.74) is 2.61. The molecule has 0 aliphatic carbocycles. The number of benzene rings is 1. The van der Waals surface area contributed by atoms with Crippen molar-refractivity contribution in [3.63, 3.8) is 0 Å². The van der Waals surface area contributed by atoms with Crippen molar-refractivity contribution in [1.29, 1.82) is 0 Å². The summed E-state index contributed by atoms with van der Waals surface area (Å²) >= 11 is 3.75. The second kappa shape index (κ2) is 8.16. The molecule has 0 spiro atoms. The van der Waals surface area contributed by atoms with Crippen LogP contribution in [0, 0.1) is 0 Å². The highest BCUT2D eigenvalue weighted by Crippen LogP contribution is 2.30. The van der Waals surface area contributed by atoms with E-state index in [0.29, 0.717) is 12.1 Å². The molecule has 3 nitrogen and oxygen atoms in total. The molecule has 118 valence electrons. The monoisotopic (exact) mass is 354 g/mol. The van der Waals surface area contributed by atoms with Gasteiger partial charge in [-0.2, -0.15) is 0 Å². The van der Waals surface area contributed by atoms with Crippen molar-refractivity contribution in [2.24, 2.45) is 0 Å². The molecular weight excluding hydrogens is 328 g/mol. The van der Waals surface area contributed by atoms with Gasteiger partial charge in [-0.1, -0.05) is 19.9 Å². The van der Waals surface area contributed by atoms with Crippen LogP contribution in [0.15, 0.2) is 22.7 Å². The number of hydrogen-bond donors (Lipinski definition) is 1. The predicted octanol–water partition coefficient (Wildman–Crippen LogP) is 4.12. The molecule has 1 aromatic carbocycles. The van der Waals surface area contributed by atoms with Gasteiger partial charge < -0.3 is 15.0 Å². The molecule has 2 rings (SSSR count). The molecule has 0 radical (unpaired) electrons. The first-order valence-corrected chi connectivity index (χ1v) is 8.84. The average Bonchev–Trinajstić information content (AvgIpc) is 2.52. The summed E-state index contributed by atoms with van der Waals surface area (Å²) in [6, 6.07) is 7.12. The van der Waals surface area contributed by atoms with Crippen LogP contribution in [0.3, 0.4) is 0 Å². The lowest BCUT2D eigenvalue weighted by atomic mass is 10.1. The third kappa shape index (κ3) is 4.44. The van der Waals surface area contributed by atoms with Crippen LogP contribution in [0.5, 0.6) is 0 Å². The maximum absolute atomic E-state index is 5.76. The first-order valence-electron chi connectivity index (χ1n) is 8.05. The Hall–Kier alpha value is -0.580. The number of nitrogens with zero attached hydrogens (tertiary/aromatic N) is 1. The van der Waals surface area contributed by atoms with Gasteiger partial charge in [-0.3, -0.25) is 0 Å². The van der Waals surface area contributed by atoms with Crippen molar-refractivity contribution in [3.8, 4) is 0 Å². The third-order valence-electron chi connectivity index (χ3n) is 4.11. The van der Waals surface area contributed by atoms with Crippen molar-refractivity contribution in [1.82, 2.24) is 5.32 Å². The first-order chi connectivity index (χ1) is 10.2. The van der Waals surface area contributed by atoms with Crippen molar-refractivity contribution in [2.75, 3.05) is 31.1 Å². The van der Waals surface area contributed by atoms with Crippen LogP contribution in [-0.4, -0.2) is 32.3 Å². The van der Waals surface area contributed by atoms with Gasteiger partial charge >= 0.3 is 0 Å². The molecule has 1 fully saturated rings.